The monoisotopic (exact) mass is 276 g/mol. The van der Waals surface area contributed by atoms with E-state index in [1.54, 1.807) is 0 Å². The van der Waals surface area contributed by atoms with Crippen LogP contribution in [0.5, 0.6) is 0 Å². The molecular formula is C13H28N2O2S. The van der Waals surface area contributed by atoms with Crippen LogP contribution >= 0.6 is 0 Å². The van der Waals surface area contributed by atoms with Crippen molar-refractivity contribution in [1.82, 2.24) is 10.2 Å². The average Bonchev–Trinajstić information content (AvgIpc) is 2.34. The molecule has 1 heterocycles. The van der Waals surface area contributed by atoms with E-state index < -0.39 is 9.84 Å². The van der Waals surface area contributed by atoms with Crippen LogP contribution in [0.15, 0.2) is 0 Å². The highest BCUT2D eigenvalue weighted by Crippen LogP contribution is 2.17. The first-order valence-corrected chi connectivity index (χ1v) is 9.08. The van der Waals surface area contributed by atoms with Gasteiger partial charge in [-0.05, 0) is 12.3 Å². The molecule has 0 aromatic rings. The third-order valence-electron chi connectivity index (χ3n) is 4.11. The van der Waals surface area contributed by atoms with Crippen molar-refractivity contribution in [2.24, 2.45) is 5.92 Å². The molecule has 1 fully saturated rings. The maximum absolute atomic E-state index is 11.3. The fraction of sp³-hybridized carbons (Fsp3) is 1.00. The van der Waals surface area contributed by atoms with E-state index in [0.29, 0.717) is 24.5 Å². The minimum Gasteiger partial charge on any atom is -0.311 e. The Bertz CT molecular complexity index is 343. The summed E-state index contributed by atoms with van der Waals surface area (Å²) in [6.07, 6.45) is 3.56. The number of nitrogens with one attached hydrogen (secondary N) is 1. The van der Waals surface area contributed by atoms with Crippen LogP contribution < -0.4 is 5.32 Å². The van der Waals surface area contributed by atoms with E-state index in [1.807, 2.05) is 0 Å². The Kier molecular flexibility index (Phi) is 6.08. The Morgan fingerprint density at radius 1 is 1.39 bits per heavy atom. The van der Waals surface area contributed by atoms with Crippen LogP contribution in [0.3, 0.4) is 0 Å². The fourth-order valence-electron chi connectivity index (χ4n) is 2.51. The van der Waals surface area contributed by atoms with Gasteiger partial charge in [-0.2, -0.15) is 0 Å². The van der Waals surface area contributed by atoms with Gasteiger partial charge in [0, 0.05) is 38.0 Å². The van der Waals surface area contributed by atoms with Crippen LogP contribution in [0, 0.1) is 5.92 Å². The molecule has 4 nitrogen and oxygen atoms in total. The van der Waals surface area contributed by atoms with Crippen LogP contribution in [0.4, 0.5) is 0 Å². The predicted molar refractivity (Wildman–Crippen MR) is 76.6 cm³/mol. The molecular weight excluding hydrogens is 248 g/mol. The van der Waals surface area contributed by atoms with Crippen LogP contribution in [-0.2, 0) is 9.84 Å². The summed E-state index contributed by atoms with van der Waals surface area (Å²) in [5.74, 6) is 0.917. The summed E-state index contributed by atoms with van der Waals surface area (Å²) in [4.78, 5) is 2.36. The van der Waals surface area contributed by atoms with Crippen molar-refractivity contribution in [2.45, 2.75) is 45.7 Å². The number of rotatable bonds is 6. The van der Waals surface area contributed by atoms with Gasteiger partial charge in [0.2, 0.25) is 0 Å². The van der Waals surface area contributed by atoms with E-state index in [4.69, 9.17) is 0 Å². The lowest BCUT2D eigenvalue weighted by Crippen LogP contribution is -2.58. The molecule has 0 bridgehead atoms. The van der Waals surface area contributed by atoms with E-state index in [9.17, 15) is 8.42 Å². The Morgan fingerprint density at radius 2 is 2.06 bits per heavy atom. The quantitative estimate of drug-likeness (QED) is 0.790. The molecule has 0 spiro atoms. The SMILES string of the molecule is CCC(C)C1CN(CCS(C)(=O)=O)C(CC)CN1. The Morgan fingerprint density at radius 3 is 2.56 bits per heavy atom. The van der Waals surface area contributed by atoms with Gasteiger partial charge in [-0.3, -0.25) is 4.90 Å². The first-order valence-electron chi connectivity index (χ1n) is 7.02. The van der Waals surface area contributed by atoms with Gasteiger partial charge in [-0.1, -0.05) is 27.2 Å². The standard InChI is InChI=1S/C13H28N2O2S/c1-5-11(3)13-10-15(7-8-18(4,16)17)12(6-2)9-14-13/h11-14H,5-10H2,1-4H3. The maximum atomic E-state index is 11.3. The molecule has 0 radical (unpaired) electrons. The van der Waals surface area contributed by atoms with Crippen LogP contribution in [0.2, 0.25) is 0 Å². The van der Waals surface area contributed by atoms with Crippen molar-refractivity contribution in [1.29, 1.82) is 0 Å². The lowest BCUT2D eigenvalue weighted by Gasteiger charge is -2.42. The Balaban J connectivity index is 2.59. The number of piperazine rings is 1. The highest BCUT2D eigenvalue weighted by molar-refractivity contribution is 7.90. The lowest BCUT2D eigenvalue weighted by molar-refractivity contribution is 0.113. The van der Waals surface area contributed by atoms with Crippen molar-refractivity contribution in [3.05, 3.63) is 0 Å². The van der Waals surface area contributed by atoms with Crippen LogP contribution in [0.25, 0.3) is 0 Å². The summed E-state index contributed by atoms with van der Waals surface area (Å²) in [7, 11) is -2.86. The molecule has 1 saturated heterocycles. The van der Waals surface area contributed by atoms with E-state index >= 15 is 0 Å². The normalized spacial score (nSPS) is 28.2. The second-order valence-electron chi connectivity index (χ2n) is 5.59. The van der Waals surface area contributed by atoms with Gasteiger partial charge in [0.25, 0.3) is 0 Å². The van der Waals surface area contributed by atoms with Gasteiger partial charge in [0.1, 0.15) is 9.84 Å². The maximum Gasteiger partial charge on any atom is 0.148 e. The van der Waals surface area contributed by atoms with Crippen molar-refractivity contribution in [3.8, 4) is 0 Å². The zero-order valence-electron chi connectivity index (χ0n) is 12.1. The Hall–Kier alpha value is -0.130. The largest absolute Gasteiger partial charge is 0.311 e. The zero-order valence-corrected chi connectivity index (χ0v) is 13.0. The molecule has 108 valence electrons. The van der Waals surface area contributed by atoms with E-state index in [-0.39, 0.29) is 5.75 Å². The molecule has 3 atom stereocenters. The number of sulfone groups is 1. The summed E-state index contributed by atoms with van der Waals surface area (Å²) in [6.45, 7) is 9.27. The van der Waals surface area contributed by atoms with Crippen molar-refractivity contribution in [2.75, 3.05) is 31.6 Å². The fourth-order valence-corrected chi connectivity index (χ4v) is 3.07. The molecule has 3 unspecified atom stereocenters. The first kappa shape index (κ1) is 15.9. The smallest absolute Gasteiger partial charge is 0.148 e. The number of hydrogen-bond acceptors (Lipinski definition) is 4. The number of nitrogens with zero attached hydrogens (tertiary/aromatic N) is 1. The van der Waals surface area contributed by atoms with Gasteiger partial charge in [-0.15, -0.1) is 0 Å². The first-order chi connectivity index (χ1) is 8.37. The second kappa shape index (κ2) is 6.87. The molecule has 0 saturated carbocycles. The zero-order chi connectivity index (χ0) is 13.8. The highest BCUT2D eigenvalue weighted by atomic mass is 32.2. The summed E-state index contributed by atoms with van der Waals surface area (Å²) in [5.41, 5.74) is 0. The summed E-state index contributed by atoms with van der Waals surface area (Å²) >= 11 is 0. The van der Waals surface area contributed by atoms with E-state index in [2.05, 4.69) is 31.0 Å². The molecule has 0 aliphatic carbocycles. The summed E-state index contributed by atoms with van der Waals surface area (Å²) in [5, 5.41) is 3.61. The minimum atomic E-state index is -2.86. The number of hydrogen-bond donors (Lipinski definition) is 1. The summed E-state index contributed by atoms with van der Waals surface area (Å²) in [6, 6.07) is 0.976. The summed E-state index contributed by atoms with van der Waals surface area (Å²) < 4.78 is 22.6. The van der Waals surface area contributed by atoms with Gasteiger partial charge in [0.05, 0.1) is 5.75 Å². The third kappa shape index (κ3) is 4.86. The third-order valence-corrected chi connectivity index (χ3v) is 5.04. The van der Waals surface area contributed by atoms with E-state index in [0.717, 1.165) is 25.9 Å². The van der Waals surface area contributed by atoms with Gasteiger partial charge in [-0.25, -0.2) is 8.42 Å². The lowest BCUT2D eigenvalue weighted by atomic mass is 9.95. The minimum absolute atomic E-state index is 0.275. The van der Waals surface area contributed by atoms with Gasteiger partial charge < -0.3 is 5.32 Å². The van der Waals surface area contributed by atoms with Gasteiger partial charge in [0.15, 0.2) is 0 Å². The highest BCUT2D eigenvalue weighted by Gasteiger charge is 2.29. The van der Waals surface area contributed by atoms with E-state index in [1.165, 1.54) is 6.26 Å². The molecule has 1 aliphatic rings. The van der Waals surface area contributed by atoms with Crippen molar-refractivity contribution < 1.29 is 8.42 Å². The molecule has 0 amide bonds. The van der Waals surface area contributed by atoms with Gasteiger partial charge >= 0.3 is 0 Å². The predicted octanol–water partition coefficient (Wildman–Crippen LogP) is 1.13. The topological polar surface area (TPSA) is 49.4 Å². The van der Waals surface area contributed by atoms with Crippen LogP contribution in [0.1, 0.15) is 33.6 Å². The molecule has 1 aliphatic heterocycles. The average molecular weight is 276 g/mol. The van der Waals surface area contributed by atoms with Crippen molar-refractivity contribution in [3.63, 3.8) is 0 Å². The molecule has 18 heavy (non-hydrogen) atoms. The molecule has 1 rings (SSSR count). The van der Waals surface area contributed by atoms with Crippen LogP contribution in [-0.4, -0.2) is 57.0 Å². The second-order valence-corrected chi connectivity index (χ2v) is 7.85. The van der Waals surface area contributed by atoms with Crippen molar-refractivity contribution >= 4 is 9.84 Å². The molecule has 0 aromatic heterocycles. The Labute approximate surface area is 112 Å². The molecule has 0 aromatic carbocycles. The molecule has 5 heteroatoms. The molecule has 1 N–H and O–H groups in total.